The third kappa shape index (κ3) is 28.0. The van der Waals surface area contributed by atoms with Crippen molar-refractivity contribution in [3.8, 4) is 11.8 Å². The molecule has 2 N–H and O–H groups in total. The van der Waals surface area contributed by atoms with Crippen molar-refractivity contribution < 1.29 is 33.3 Å². The predicted molar refractivity (Wildman–Crippen MR) is 161 cm³/mol. The lowest BCUT2D eigenvalue weighted by molar-refractivity contribution is 0.0446. The van der Waals surface area contributed by atoms with Crippen LogP contribution in [0.3, 0.4) is 0 Å². The number of rotatable bonds is 22. The third-order valence-corrected chi connectivity index (χ3v) is 8.52. The molecule has 0 fully saturated rings. The molecule has 0 aromatic rings. The first-order valence-electron chi connectivity index (χ1n) is 13.9. The van der Waals surface area contributed by atoms with E-state index in [-0.39, 0.29) is 16.1 Å². The van der Waals surface area contributed by atoms with Crippen LogP contribution in [0.1, 0.15) is 74.1 Å². The molecule has 0 spiro atoms. The molecule has 0 rings (SSSR count). The molecule has 0 radical (unpaired) electrons. The first-order chi connectivity index (χ1) is 18.5. The van der Waals surface area contributed by atoms with Gasteiger partial charge in [0.15, 0.2) is 0 Å². The minimum atomic E-state index is -0.444. The van der Waals surface area contributed by atoms with Gasteiger partial charge in [-0.05, 0) is 52.4 Å². The van der Waals surface area contributed by atoms with E-state index in [1.165, 1.54) is 0 Å². The summed E-state index contributed by atoms with van der Waals surface area (Å²) in [5, 5.41) is 5.31. The fraction of sp³-hybridized carbons (Fsp3) is 0.857. The van der Waals surface area contributed by atoms with E-state index in [2.05, 4.69) is 50.2 Å². The Labute approximate surface area is 244 Å². The zero-order valence-corrected chi connectivity index (χ0v) is 26.7. The second kappa shape index (κ2) is 24.5. The van der Waals surface area contributed by atoms with Crippen molar-refractivity contribution in [3.63, 3.8) is 0 Å². The number of ether oxygens (including phenoxy) is 5. The van der Waals surface area contributed by atoms with Gasteiger partial charge in [0.1, 0.15) is 5.44 Å². The van der Waals surface area contributed by atoms with Gasteiger partial charge in [0, 0.05) is 30.4 Å². The minimum absolute atomic E-state index is 0.0165. The van der Waals surface area contributed by atoms with Gasteiger partial charge >= 0.3 is 12.2 Å². The maximum atomic E-state index is 11.9. The van der Waals surface area contributed by atoms with E-state index in [0.717, 1.165) is 32.3 Å². The van der Waals surface area contributed by atoms with Gasteiger partial charge in [-0.2, -0.15) is 0 Å². The molecule has 11 heteroatoms. The predicted octanol–water partition coefficient (Wildman–Crippen LogP) is 5.87. The molecule has 0 aromatic carbocycles. The second-order valence-electron chi connectivity index (χ2n) is 10.3. The van der Waals surface area contributed by atoms with Gasteiger partial charge in [-0.1, -0.05) is 61.1 Å². The van der Waals surface area contributed by atoms with Crippen LogP contribution in [0.15, 0.2) is 0 Å². The van der Waals surface area contributed by atoms with Crippen LogP contribution >= 0.6 is 21.6 Å². The third-order valence-electron chi connectivity index (χ3n) is 4.91. The van der Waals surface area contributed by atoms with Crippen LogP contribution in [0.5, 0.6) is 0 Å². The Balaban J connectivity index is 3.68. The van der Waals surface area contributed by atoms with E-state index in [1.807, 2.05) is 20.8 Å². The van der Waals surface area contributed by atoms with Gasteiger partial charge in [-0.15, -0.1) is 0 Å². The summed E-state index contributed by atoms with van der Waals surface area (Å²) in [5.41, 5.74) is 0.0165. The average Bonchev–Trinajstić information content (AvgIpc) is 2.86. The largest absolute Gasteiger partial charge is 0.450 e. The molecule has 2 amide bonds. The van der Waals surface area contributed by atoms with E-state index in [1.54, 1.807) is 21.6 Å². The van der Waals surface area contributed by atoms with Gasteiger partial charge in [-0.3, -0.25) is 0 Å². The van der Waals surface area contributed by atoms with E-state index >= 15 is 0 Å². The van der Waals surface area contributed by atoms with Crippen LogP contribution in [0.2, 0.25) is 0 Å². The highest BCUT2D eigenvalue weighted by atomic mass is 33.1. The Morgan fingerprint density at radius 2 is 1.46 bits per heavy atom. The van der Waals surface area contributed by atoms with E-state index < -0.39 is 12.2 Å². The van der Waals surface area contributed by atoms with E-state index in [0.29, 0.717) is 58.6 Å². The molecular weight excluding hydrogens is 540 g/mol. The van der Waals surface area contributed by atoms with Crippen LogP contribution in [0, 0.1) is 23.7 Å². The van der Waals surface area contributed by atoms with Crippen LogP contribution < -0.4 is 10.6 Å². The molecule has 0 heterocycles. The molecule has 0 aliphatic heterocycles. The van der Waals surface area contributed by atoms with Crippen LogP contribution in [-0.2, 0) is 23.7 Å². The van der Waals surface area contributed by atoms with Crippen molar-refractivity contribution in [1.82, 2.24) is 10.6 Å². The Morgan fingerprint density at radius 1 is 0.821 bits per heavy atom. The summed E-state index contributed by atoms with van der Waals surface area (Å²) in [6, 6.07) is 0. The maximum Gasteiger partial charge on any atom is 0.407 e. The molecule has 39 heavy (non-hydrogen) atoms. The minimum Gasteiger partial charge on any atom is -0.450 e. The van der Waals surface area contributed by atoms with Gasteiger partial charge in [0.2, 0.25) is 0 Å². The highest BCUT2D eigenvalue weighted by molar-refractivity contribution is 8.77. The summed E-state index contributed by atoms with van der Waals surface area (Å²) >= 11 is 0. The molecule has 0 aromatic heterocycles. The molecule has 228 valence electrons. The average molecular weight is 593 g/mol. The van der Waals surface area contributed by atoms with Crippen LogP contribution in [-0.4, -0.2) is 81.7 Å². The Morgan fingerprint density at radius 3 is 2.15 bits per heavy atom. The highest BCUT2D eigenvalue weighted by Crippen LogP contribution is 2.40. The molecule has 0 saturated carbocycles. The Bertz CT molecular complexity index is 697. The summed E-state index contributed by atoms with van der Waals surface area (Å²) in [6.45, 7) is 18.8. The lowest BCUT2D eigenvalue weighted by atomic mass is 10.1. The topological polar surface area (TPSA) is 104 Å². The van der Waals surface area contributed by atoms with E-state index in [4.69, 9.17) is 23.7 Å². The normalized spacial score (nSPS) is 12.1. The monoisotopic (exact) mass is 592 g/mol. The second-order valence-corrected chi connectivity index (χ2v) is 13.5. The maximum absolute atomic E-state index is 11.9. The van der Waals surface area contributed by atoms with Crippen molar-refractivity contribution in [2.45, 2.75) is 84.3 Å². The van der Waals surface area contributed by atoms with E-state index in [9.17, 15) is 9.59 Å². The Hall–Kier alpha value is -1.32. The van der Waals surface area contributed by atoms with Crippen LogP contribution in [0.25, 0.3) is 0 Å². The quantitative estimate of drug-likeness (QED) is 0.0691. The Kier molecular flexibility index (Phi) is 23.6. The van der Waals surface area contributed by atoms with Gasteiger partial charge in [-0.25, -0.2) is 9.59 Å². The number of carbonyl (C=O) groups is 2. The highest BCUT2D eigenvalue weighted by Gasteiger charge is 2.21. The van der Waals surface area contributed by atoms with Crippen LogP contribution in [0.4, 0.5) is 9.59 Å². The number of amides is 2. The first kappa shape index (κ1) is 37.7. The molecular formula is C28H52N2O7S2. The first-order valence-corrected chi connectivity index (χ1v) is 16.1. The molecule has 0 aliphatic rings. The fourth-order valence-electron chi connectivity index (χ4n) is 2.62. The number of alkyl carbamates (subject to hydrolysis) is 2. The number of nitrogens with one attached hydrogen (secondary N) is 2. The summed E-state index contributed by atoms with van der Waals surface area (Å²) in [7, 11) is 3.37. The lowest BCUT2D eigenvalue weighted by Gasteiger charge is -2.24. The lowest BCUT2D eigenvalue weighted by Crippen LogP contribution is -2.29. The number of hydrogen-bond acceptors (Lipinski definition) is 9. The smallest absolute Gasteiger partial charge is 0.407 e. The molecule has 1 unspecified atom stereocenters. The molecule has 0 saturated heterocycles. The number of carbonyl (C=O) groups excluding carboxylic acids is 2. The van der Waals surface area contributed by atoms with Gasteiger partial charge in [0.05, 0.1) is 39.6 Å². The zero-order valence-electron chi connectivity index (χ0n) is 25.1. The number of hydrogen-bond donors (Lipinski definition) is 2. The summed E-state index contributed by atoms with van der Waals surface area (Å²) in [5.74, 6) is 6.78. The van der Waals surface area contributed by atoms with Crippen molar-refractivity contribution in [2.24, 2.45) is 11.8 Å². The van der Waals surface area contributed by atoms with Gasteiger partial charge < -0.3 is 34.3 Å². The SMILES string of the molecule is CC(C)C#CCNC(=O)OCCCCOC(C)SSC(C)(C)CCOC(=O)NCCOCCOCCC(C)C. The molecule has 0 bridgehead atoms. The summed E-state index contributed by atoms with van der Waals surface area (Å²) < 4.78 is 27.1. The van der Waals surface area contributed by atoms with Gasteiger partial charge in [0.25, 0.3) is 0 Å². The molecule has 1 atom stereocenters. The number of unbranched alkanes of at least 4 members (excludes halogenated alkanes) is 1. The molecule has 0 aliphatic carbocycles. The van der Waals surface area contributed by atoms with Crippen molar-refractivity contribution >= 4 is 33.8 Å². The summed E-state index contributed by atoms with van der Waals surface area (Å²) in [6.07, 6.45) is 2.43. The van der Waals surface area contributed by atoms with Crippen molar-refractivity contribution in [2.75, 3.05) is 59.3 Å². The van der Waals surface area contributed by atoms with Crippen molar-refractivity contribution in [1.29, 1.82) is 0 Å². The summed E-state index contributed by atoms with van der Waals surface area (Å²) in [4.78, 5) is 23.4. The zero-order chi connectivity index (χ0) is 29.4. The van der Waals surface area contributed by atoms with Crippen molar-refractivity contribution in [3.05, 3.63) is 0 Å². The molecule has 9 nitrogen and oxygen atoms in total. The standard InChI is InChI=1S/C28H52N2O7S2/c1-23(2)11-10-14-29-26(31)36-17-9-8-16-35-25(5)38-39-28(6,7)13-19-37-27(32)30-15-20-34-22-21-33-18-12-24(3)4/h23-25H,8-9,12-22H2,1-7H3,(H,29,31)(H,30,32). The fourth-order valence-corrected chi connectivity index (χ4v) is 4.93.